The Hall–Kier alpha value is -5.10. The molecule has 12 heteroatoms. The summed E-state index contributed by atoms with van der Waals surface area (Å²) in [5.74, 6) is -1.93. The smallest absolute Gasteiger partial charge is 0.338 e. The Labute approximate surface area is 222 Å². The maximum Gasteiger partial charge on any atom is 0.338 e. The van der Waals surface area contributed by atoms with Gasteiger partial charge >= 0.3 is 5.97 Å². The fourth-order valence-electron chi connectivity index (χ4n) is 3.79. The molecule has 12 nitrogen and oxygen atoms in total. The molecule has 1 unspecified atom stereocenters. The number of carbonyl (C=O) groups is 5. The standard InChI is InChI=1S/C27H24N4O8/c1-37-22-10-7-17(12-23(22)38-2)21(32)15-39-27(36)16-5-8-19(9-6-16)31-24(33)13-20(26(31)35)29-30-25(34)18-4-3-11-28-14-18/h3-12,14,20,29H,13,15H2,1-2H3,(H,30,34). The lowest BCUT2D eigenvalue weighted by atomic mass is 10.1. The molecular weight excluding hydrogens is 508 g/mol. The molecule has 0 radical (unpaired) electrons. The highest BCUT2D eigenvalue weighted by Crippen LogP contribution is 2.28. The van der Waals surface area contributed by atoms with Crippen molar-refractivity contribution in [1.82, 2.24) is 15.8 Å². The van der Waals surface area contributed by atoms with E-state index in [1.54, 1.807) is 18.2 Å². The fourth-order valence-corrected chi connectivity index (χ4v) is 3.79. The average molecular weight is 533 g/mol. The number of carbonyl (C=O) groups excluding carboxylic acids is 5. The molecule has 0 spiro atoms. The lowest BCUT2D eigenvalue weighted by molar-refractivity contribution is -0.121. The van der Waals surface area contributed by atoms with E-state index >= 15 is 0 Å². The summed E-state index contributed by atoms with van der Waals surface area (Å²) in [7, 11) is 2.92. The molecule has 3 aromatic rings. The number of pyridine rings is 1. The first kappa shape index (κ1) is 26.9. The summed E-state index contributed by atoms with van der Waals surface area (Å²) in [6.45, 7) is -0.503. The van der Waals surface area contributed by atoms with Crippen molar-refractivity contribution in [2.24, 2.45) is 0 Å². The predicted octanol–water partition coefficient (Wildman–Crippen LogP) is 1.70. The Balaban J connectivity index is 1.33. The van der Waals surface area contributed by atoms with Gasteiger partial charge in [0.15, 0.2) is 23.9 Å². The van der Waals surface area contributed by atoms with Crippen molar-refractivity contribution in [2.45, 2.75) is 12.5 Å². The number of benzene rings is 2. The highest BCUT2D eigenvalue weighted by molar-refractivity contribution is 6.22. The van der Waals surface area contributed by atoms with Crippen LogP contribution in [0.4, 0.5) is 5.69 Å². The van der Waals surface area contributed by atoms with E-state index in [9.17, 15) is 24.0 Å². The van der Waals surface area contributed by atoms with Gasteiger partial charge in [-0.15, -0.1) is 0 Å². The molecule has 1 fully saturated rings. The maximum atomic E-state index is 12.8. The summed E-state index contributed by atoms with van der Waals surface area (Å²) in [5, 5.41) is 0. The first-order valence-corrected chi connectivity index (χ1v) is 11.7. The van der Waals surface area contributed by atoms with Crippen LogP contribution in [0.3, 0.4) is 0 Å². The number of amides is 3. The number of aromatic nitrogens is 1. The third-order valence-corrected chi connectivity index (χ3v) is 5.83. The van der Waals surface area contributed by atoms with E-state index in [0.29, 0.717) is 11.5 Å². The fraction of sp³-hybridized carbons (Fsp3) is 0.185. The monoisotopic (exact) mass is 532 g/mol. The third-order valence-electron chi connectivity index (χ3n) is 5.83. The molecule has 1 aliphatic rings. The second-order valence-electron chi connectivity index (χ2n) is 8.28. The Morgan fingerprint density at radius 1 is 0.949 bits per heavy atom. The lowest BCUT2D eigenvalue weighted by Crippen LogP contribution is -2.48. The van der Waals surface area contributed by atoms with Crippen LogP contribution in [0.2, 0.25) is 0 Å². The molecule has 1 aliphatic heterocycles. The van der Waals surface area contributed by atoms with Crippen molar-refractivity contribution in [3.8, 4) is 11.5 Å². The number of anilines is 1. The Kier molecular flexibility index (Phi) is 8.27. The number of esters is 1. The molecule has 200 valence electrons. The first-order valence-electron chi connectivity index (χ1n) is 11.7. The van der Waals surface area contributed by atoms with Crippen LogP contribution in [-0.2, 0) is 14.3 Å². The molecule has 1 atom stereocenters. The van der Waals surface area contributed by atoms with Crippen LogP contribution in [0.15, 0.2) is 67.0 Å². The highest BCUT2D eigenvalue weighted by Gasteiger charge is 2.39. The van der Waals surface area contributed by atoms with Crippen LogP contribution in [0, 0.1) is 0 Å². The van der Waals surface area contributed by atoms with Gasteiger partial charge in [-0.05, 0) is 54.6 Å². The molecule has 3 amide bonds. The number of Topliss-reactive ketones (excluding diaryl/α,β-unsaturated/α-hetero) is 1. The highest BCUT2D eigenvalue weighted by atomic mass is 16.5. The lowest BCUT2D eigenvalue weighted by Gasteiger charge is -2.16. The zero-order chi connectivity index (χ0) is 27.9. The van der Waals surface area contributed by atoms with E-state index in [1.165, 1.54) is 63.0 Å². The summed E-state index contributed by atoms with van der Waals surface area (Å²) in [6.07, 6.45) is 2.71. The maximum absolute atomic E-state index is 12.8. The van der Waals surface area contributed by atoms with Gasteiger partial charge in [-0.1, -0.05) is 0 Å². The van der Waals surface area contributed by atoms with E-state index in [2.05, 4.69) is 15.8 Å². The normalized spacial score (nSPS) is 14.6. The molecule has 1 aromatic heterocycles. The number of hydrogen-bond donors (Lipinski definition) is 2. The SMILES string of the molecule is COc1ccc(C(=O)COC(=O)c2ccc(N3C(=O)CC(NNC(=O)c4cccnc4)C3=O)cc2)cc1OC. The van der Waals surface area contributed by atoms with Gasteiger partial charge < -0.3 is 14.2 Å². The Bertz CT molecular complexity index is 1410. The van der Waals surface area contributed by atoms with Gasteiger partial charge in [0.25, 0.3) is 11.8 Å². The van der Waals surface area contributed by atoms with Crippen molar-refractivity contribution in [3.63, 3.8) is 0 Å². The van der Waals surface area contributed by atoms with Crippen LogP contribution < -0.4 is 25.2 Å². The molecule has 2 heterocycles. The summed E-state index contributed by atoms with van der Waals surface area (Å²) < 4.78 is 15.4. The first-order chi connectivity index (χ1) is 18.8. The number of rotatable bonds is 10. The third kappa shape index (κ3) is 6.08. The van der Waals surface area contributed by atoms with E-state index < -0.39 is 42.1 Å². The summed E-state index contributed by atoms with van der Waals surface area (Å²) in [5.41, 5.74) is 5.91. The summed E-state index contributed by atoms with van der Waals surface area (Å²) in [6, 6.07) is 12.4. The van der Waals surface area contributed by atoms with Crippen molar-refractivity contribution >= 4 is 35.2 Å². The van der Waals surface area contributed by atoms with Gasteiger partial charge in [0.1, 0.15) is 6.04 Å². The average Bonchev–Trinajstić information content (AvgIpc) is 3.26. The minimum atomic E-state index is -0.967. The molecule has 0 saturated carbocycles. The van der Waals surface area contributed by atoms with Crippen LogP contribution >= 0.6 is 0 Å². The number of imide groups is 1. The molecule has 4 rings (SSSR count). The number of nitrogens with zero attached hydrogens (tertiary/aromatic N) is 2. The van der Waals surface area contributed by atoms with Gasteiger partial charge in [-0.2, -0.15) is 0 Å². The van der Waals surface area contributed by atoms with E-state index in [4.69, 9.17) is 14.2 Å². The minimum Gasteiger partial charge on any atom is -0.493 e. The van der Waals surface area contributed by atoms with Gasteiger partial charge in [-0.25, -0.2) is 15.1 Å². The van der Waals surface area contributed by atoms with E-state index in [1.807, 2.05) is 0 Å². The zero-order valence-corrected chi connectivity index (χ0v) is 21.0. The molecule has 39 heavy (non-hydrogen) atoms. The molecule has 0 bridgehead atoms. The molecule has 2 aromatic carbocycles. The molecule has 1 saturated heterocycles. The number of hydrazine groups is 1. The quantitative estimate of drug-likeness (QED) is 0.171. The molecule has 0 aliphatic carbocycles. The molecular formula is C27H24N4O8. The van der Waals surface area contributed by atoms with Crippen molar-refractivity contribution < 1.29 is 38.2 Å². The number of nitrogens with one attached hydrogen (secondary N) is 2. The predicted molar refractivity (Wildman–Crippen MR) is 136 cm³/mol. The second-order valence-corrected chi connectivity index (χ2v) is 8.28. The summed E-state index contributed by atoms with van der Waals surface area (Å²) >= 11 is 0. The van der Waals surface area contributed by atoms with Crippen LogP contribution in [-0.4, -0.2) is 61.3 Å². The van der Waals surface area contributed by atoms with E-state index in [-0.39, 0.29) is 28.8 Å². The minimum absolute atomic E-state index is 0.122. The Morgan fingerprint density at radius 3 is 2.33 bits per heavy atom. The van der Waals surface area contributed by atoms with Crippen LogP contribution in [0.5, 0.6) is 11.5 Å². The second kappa shape index (κ2) is 12.0. The van der Waals surface area contributed by atoms with E-state index in [0.717, 1.165) is 4.90 Å². The Morgan fingerprint density at radius 2 is 1.67 bits per heavy atom. The van der Waals surface area contributed by atoms with Crippen molar-refractivity contribution in [1.29, 1.82) is 0 Å². The zero-order valence-electron chi connectivity index (χ0n) is 21.0. The number of hydrogen-bond acceptors (Lipinski definition) is 10. The van der Waals surface area contributed by atoms with Crippen LogP contribution in [0.1, 0.15) is 37.5 Å². The van der Waals surface area contributed by atoms with Crippen LogP contribution in [0.25, 0.3) is 0 Å². The number of ether oxygens (including phenoxy) is 3. The van der Waals surface area contributed by atoms with Gasteiger partial charge in [0.05, 0.1) is 37.5 Å². The van der Waals surface area contributed by atoms with Crippen molar-refractivity contribution in [3.05, 3.63) is 83.7 Å². The number of ketones is 1. The van der Waals surface area contributed by atoms with Gasteiger partial charge in [0.2, 0.25) is 5.91 Å². The van der Waals surface area contributed by atoms with Gasteiger partial charge in [0, 0.05) is 18.0 Å². The van der Waals surface area contributed by atoms with Gasteiger partial charge in [-0.3, -0.25) is 29.6 Å². The largest absolute Gasteiger partial charge is 0.493 e. The number of methoxy groups -OCH3 is 2. The summed E-state index contributed by atoms with van der Waals surface area (Å²) in [4.78, 5) is 67.3. The molecule has 2 N–H and O–H groups in total. The topological polar surface area (TPSA) is 153 Å². The van der Waals surface area contributed by atoms with Crippen molar-refractivity contribution in [2.75, 3.05) is 25.7 Å².